The molecule has 0 amide bonds. The fraction of sp³-hybridized carbons (Fsp3) is 0.471. The molecular formula is C17H22N2. The summed E-state index contributed by atoms with van der Waals surface area (Å²) in [4.78, 5) is 6.86. The van der Waals surface area contributed by atoms with Gasteiger partial charge in [-0.1, -0.05) is 26.0 Å². The molecule has 1 atom stereocenters. The van der Waals surface area contributed by atoms with Gasteiger partial charge < -0.3 is 4.90 Å². The van der Waals surface area contributed by atoms with Gasteiger partial charge in [-0.05, 0) is 43.0 Å². The van der Waals surface area contributed by atoms with Crippen molar-refractivity contribution in [3.63, 3.8) is 0 Å². The van der Waals surface area contributed by atoms with Crippen molar-refractivity contribution >= 4 is 11.9 Å². The van der Waals surface area contributed by atoms with E-state index < -0.39 is 0 Å². The maximum Gasteiger partial charge on any atom is 0.0878 e. The summed E-state index contributed by atoms with van der Waals surface area (Å²) in [7, 11) is 2.20. The Hall–Kier alpha value is -1.57. The van der Waals surface area contributed by atoms with Crippen LogP contribution in [0.4, 0.5) is 5.69 Å². The van der Waals surface area contributed by atoms with E-state index in [2.05, 4.69) is 69.1 Å². The van der Waals surface area contributed by atoms with Gasteiger partial charge in [-0.3, -0.25) is 4.99 Å². The third-order valence-electron chi connectivity index (χ3n) is 5.24. The molecule has 0 saturated heterocycles. The number of aliphatic imine (C=N–C) groups is 1. The molecule has 2 heterocycles. The first-order chi connectivity index (χ1) is 8.90. The maximum absolute atomic E-state index is 4.44. The third kappa shape index (κ3) is 1.40. The minimum Gasteiger partial charge on any atom is -0.362 e. The van der Waals surface area contributed by atoms with Crippen molar-refractivity contribution in [1.29, 1.82) is 0 Å². The lowest BCUT2D eigenvalue weighted by Gasteiger charge is -2.44. The molecule has 0 fully saturated rings. The van der Waals surface area contributed by atoms with E-state index in [-0.39, 0.29) is 11.0 Å². The molecule has 3 rings (SSSR count). The minimum atomic E-state index is -0.0235. The number of aryl methyl sites for hydroxylation is 2. The smallest absolute Gasteiger partial charge is 0.0878 e. The fourth-order valence-corrected chi connectivity index (χ4v) is 3.60. The zero-order valence-electron chi connectivity index (χ0n) is 12.5. The van der Waals surface area contributed by atoms with Crippen molar-refractivity contribution in [1.82, 2.24) is 0 Å². The van der Waals surface area contributed by atoms with Gasteiger partial charge in [0.2, 0.25) is 0 Å². The van der Waals surface area contributed by atoms with Crippen LogP contribution in [0.2, 0.25) is 0 Å². The van der Waals surface area contributed by atoms with E-state index in [0.29, 0.717) is 0 Å². The zero-order valence-corrected chi connectivity index (χ0v) is 12.5. The summed E-state index contributed by atoms with van der Waals surface area (Å²) < 4.78 is 0. The van der Waals surface area contributed by atoms with E-state index in [1.54, 1.807) is 0 Å². The van der Waals surface area contributed by atoms with Gasteiger partial charge in [0.25, 0.3) is 0 Å². The van der Waals surface area contributed by atoms with Gasteiger partial charge in [-0.15, -0.1) is 0 Å². The van der Waals surface area contributed by atoms with Crippen LogP contribution >= 0.6 is 0 Å². The lowest BCUT2D eigenvalue weighted by Crippen LogP contribution is -2.56. The first kappa shape index (κ1) is 12.5. The molecule has 1 aromatic carbocycles. The number of hydrogen-bond donors (Lipinski definition) is 0. The molecule has 2 aliphatic rings. The Balaban J connectivity index is 2.25. The first-order valence-electron chi connectivity index (χ1n) is 6.95. The van der Waals surface area contributed by atoms with E-state index >= 15 is 0 Å². The molecule has 2 heteroatoms. The Labute approximate surface area is 115 Å². The van der Waals surface area contributed by atoms with Crippen molar-refractivity contribution in [2.75, 3.05) is 11.9 Å². The Morgan fingerprint density at radius 2 is 1.84 bits per heavy atom. The van der Waals surface area contributed by atoms with Crippen LogP contribution in [0.3, 0.4) is 0 Å². The van der Waals surface area contributed by atoms with E-state index in [0.717, 1.165) is 6.42 Å². The Morgan fingerprint density at radius 3 is 2.47 bits per heavy atom. The second-order valence-electron chi connectivity index (χ2n) is 6.43. The standard InChI is InChI=1S/C17H22N2/c1-12-9-14-15(10-13(12)2)19(5)17(16(14,3)4)7-6-8-18-11-17/h6,8-11H,7H2,1-5H3. The quantitative estimate of drug-likeness (QED) is 0.688. The Kier molecular flexibility index (Phi) is 2.44. The summed E-state index contributed by atoms with van der Waals surface area (Å²) in [5.74, 6) is 0. The molecule has 0 aliphatic carbocycles. The van der Waals surface area contributed by atoms with Crippen LogP contribution in [-0.2, 0) is 5.41 Å². The van der Waals surface area contributed by atoms with E-state index in [1.807, 2.05) is 6.20 Å². The molecule has 0 bridgehead atoms. The summed E-state index contributed by atoms with van der Waals surface area (Å²) >= 11 is 0. The summed E-state index contributed by atoms with van der Waals surface area (Å²) in [6.45, 7) is 9.08. The molecule has 0 N–H and O–H groups in total. The maximum atomic E-state index is 4.44. The van der Waals surface area contributed by atoms with Gasteiger partial charge in [-0.2, -0.15) is 0 Å². The summed E-state index contributed by atoms with van der Waals surface area (Å²) in [5.41, 5.74) is 5.59. The number of anilines is 1. The molecular weight excluding hydrogens is 232 g/mol. The normalized spacial score (nSPS) is 27.1. The van der Waals surface area contributed by atoms with Gasteiger partial charge in [0.05, 0.1) is 5.54 Å². The first-order valence-corrected chi connectivity index (χ1v) is 6.95. The van der Waals surface area contributed by atoms with E-state index in [4.69, 9.17) is 0 Å². The van der Waals surface area contributed by atoms with Crippen LogP contribution in [0.15, 0.2) is 29.4 Å². The largest absolute Gasteiger partial charge is 0.362 e. The average Bonchev–Trinajstić information content (AvgIpc) is 2.53. The number of rotatable bonds is 0. The van der Waals surface area contributed by atoms with Crippen LogP contribution in [0.5, 0.6) is 0 Å². The Bertz CT molecular complexity index is 596. The van der Waals surface area contributed by atoms with Crippen LogP contribution in [0, 0.1) is 13.8 Å². The third-order valence-corrected chi connectivity index (χ3v) is 5.24. The van der Waals surface area contributed by atoms with Crippen molar-refractivity contribution in [2.45, 2.75) is 45.1 Å². The molecule has 2 nitrogen and oxygen atoms in total. The van der Waals surface area contributed by atoms with Crippen molar-refractivity contribution in [2.24, 2.45) is 4.99 Å². The second-order valence-corrected chi connectivity index (χ2v) is 6.43. The van der Waals surface area contributed by atoms with E-state index in [1.165, 1.54) is 22.4 Å². The predicted octanol–water partition coefficient (Wildman–Crippen LogP) is 3.76. The van der Waals surface area contributed by atoms with Crippen LogP contribution < -0.4 is 4.90 Å². The van der Waals surface area contributed by atoms with Crippen molar-refractivity contribution in [3.8, 4) is 0 Å². The van der Waals surface area contributed by atoms with Crippen LogP contribution in [0.1, 0.15) is 37.0 Å². The van der Waals surface area contributed by atoms with Crippen LogP contribution in [-0.4, -0.2) is 18.8 Å². The highest BCUT2D eigenvalue weighted by molar-refractivity contribution is 5.87. The molecule has 1 aromatic rings. The number of benzene rings is 1. The highest BCUT2D eigenvalue weighted by atomic mass is 15.2. The zero-order chi connectivity index (χ0) is 13.8. The molecule has 0 saturated carbocycles. The predicted molar refractivity (Wildman–Crippen MR) is 82.3 cm³/mol. The minimum absolute atomic E-state index is 0.0235. The lowest BCUT2D eigenvalue weighted by molar-refractivity contribution is 0.365. The number of fused-ring (bicyclic) bond motifs is 1. The summed E-state index contributed by atoms with van der Waals surface area (Å²) in [6, 6.07) is 4.69. The molecule has 1 unspecified atom stereocenters. The average molecular weight is 254 g/mol. The van der Waals surface area contributed by atoms with Gasteiger partial charge >= 0.3 is 0 Å². The molecule has 2 aliphatic heterocycles. The lowest BCUT2D eigenvalue weighted by atomic mass is 9.68. The highest BCUT2D eigenvalue weighted by Crippen LogP contribution is 2.53. The van der Waals surface area contributed by atoms with Crippen molar-refractivity contribution < 1.29 is 0 Å². The van der Waals surface area contributed by atoms with Crippen molar-refractivity contribution in [3.05, 3.63) is 41.1 Å². The topological polar surface area (TPSA) is 15.6 Å². The van der Waals surface area contributed by atoms with E-state index in [9.17, 15) is 0 Å². The molecule has 100 valence electrons. The Morgan fingerprint density at radius 1 is 1.16 bits per heavy atom. The molecule has 0 radical (unpaired) electrons. The van der Waals surface area contributed by atoms with Gasteiger partial charge in [0.1, 0.15) is 0 Å². The summed E-state index contributed by atoms with van der Waals surface area (Å²) in [6.07, 6.45) is 7.25. The molecule has 0 aromatic heterocycles. The van der Waals surface area contributed by atoms with Crippen LogP contribution in [0.25, 0.3) is 0 Å². The van der Waals surface area contributed by atoms with Gasteiger partial charge in [0, 0.05) is 30.6 Å². The summed E-state index contributed by atoms with van der Waals surface area (Å²) in [5, 5.41) is 0. The SMILES string of the molecule is Cc1cc2c(cc1C)C(C)(C)C1(C=NC=CC1)N2C. The van der Waals surface area contributed by atoms with Gasteiger partial charge in [-0.25, -0.2) is 0 Å². The fourth-order valence-electron chi connectivity index (χ4n) is 3.60. The monoisotopic (exact) mass is 254 g/mol. The molecule has 1 spiro atoms. The number of likely N-dealkylation sites (N-methyl/N-ethyl adjacent to an activating group) is 1. The molecule has 19 heavy (non-hydrogen) atoms. The number of hydrogen-bond acceptors (Lipinski definition) is 2. The second kappa shape index (κ2) is 3.72. The number of nitrogens with zero attached hydrogens (tertiary/aromatic N) is 2. The van der Waals surface area contributed by atoms with Gasteiger partial charge in [0.15, 0.2) is 0 Å². The highest BCUT2D eigenvalue weighted by Gasteiger charge is 2.54.